The summed E-state index contributed by atoms with van der Waals surface area (Å²) < 4.78 is 0. The monoisotopic (exact) mass is 195 g/mol. The van der Waals surface area contributed by atoms with Crippen molar-refractivity contribution in [3.05, 3.63) is 0 Å². The van der Waals surface area contributed by atoms with E-state index in [1.54, 1.807) is 0 Å². The summed E-state index contributed by atoms with van der Waals surface area (Å²) in [6.07, 6.45) is 4.71. The van der Waals surface area contributed by atoms with Crippen LogP contribution in [0, 0.1) is 17.3 Å². The second kappa shape index (κ2) is 3.25. The number of amides is 1. The molecule has 0 aromatic heterocycles. The van der Waals surface area contributed by atoms with Crippen molar-refractivity contribution in [2.75, 3.05) is 0 Å². The minimum Gasteiger partial charge on any atom is -0.353 e. The Morgan fingerprint density at radius 3 is 2.43 bits per heavy atom. The lowest BCUT2D eigenvalue weighted by Gasteiger charge is -2.13. The molecule has 0 bridgehead atoms. The minimum absolute atomic E-state index is 0.272. The van der Waals surface area contributed by atoms with Crippen LogP contribution in [0.4, 0.5) is 0 Å². The molecule has 14 heavy (non-hydrogen) atoms. The van der Waals surface area contributed by atoms with E-state index in [0.29, 0.717) is 17.9 Å². The summed E-state index contributed by atoms with van der Waals surface area (Å²) >= 11 is 0. The molecule has 2 saturated carbocycles. The highest BCUT2D eigenvalue weighted by Crippen LogP contribution is 2.51. The van der Waals surface area contributed by atoms with Gasteiger partial charge in [-0.05, 0) is 37.0 Å². The Morgan fingerprint density at radius 1 is 1.36 bits per heavy atom. The van der Waals surface area contributed by atoms with Crippen LogP contribution in [0.3, 0.4) is 0 Å². The van der Waals surface area contributed by atoms with Crippen molar-refractivity contribution < 1.29 is 4.79 Å². The van der Waals surface area contributed by atoms with Gasteiger partial charge >= 0.3 is 0 Å². The first-order chi connectivity index (χ1) is 6.49. The molecule has 2 heteroatoms. The molecule has 0 heterocycles. The zero-order chi connectivity index (χ0) is 10.3. The van der Waals surface area contributed by atoms with Gasteiger partial charge in [0.1, 0.15) is 0 Å². The first-order valence-electron chi connectivity index (χ1n) is 5.79. The van der Waals surface area contributed by atoms with Crippen LogP contribution in [0.25, 0.3) is 0 Å². The molecule has 0 aliphatic heterocycles. The van der Waals surface area contributed by atoms with Gasteiger partial charge in [0.2, 0.25) is 5.91 Å². The number of nitrogens with one attached hydrogen (secondary N) is 1. The second-order valence-corrected chi connectivity index (χ2v) is 5.87. The maximum Gasteiger partial charge on any atom is 0.223 e. The van der Waals surface area contributed by atoms with Crippen LogP contribution in [0.2, 0.25) is 0 Å². The van der Waals surface area contributed by atoms with Crippen molar-refractivity contribution in [1.82, 2.24) is 5.32 Å². The summed E-state index contributed by atoms with van der Waals surface area (Å²) in [5, 5.41) is 3.19. The second-order valence-electron chi connectivity index (χ2n) is 5.87. The van der Waals surface area contributed by atoms with Crippen molar-refractivity contribution in [3.63, 3.8) is 0 Å². The first kappa shape index (κ1) is 10.0. The molecule has 3 unspecified atom stereocenters. The van der Waals surface area contributed by atoms with Crippen LogP contribution < -0.4 is 5.32 Å². The molecule has 0 radical (unpaired) electrons. The van der Waals surface area contributed by atoms with Gasteiger partial charge in [-0.1, -0.05) is 20.8 Å². The normalized spacial score (nSPS) is 39.5. The van der Waals surface area contributed by atoms with E-state index in [1.165, 1.54) is 19.3 Å². The number of hydrogen-bond acceptors (Lipinski definition) is 1. The summed E-state index contributed by atoms with van der Waals surface area (Å²) in [6.45, 7) is 6.62. The minimum atomic E-state index is 0.272. The molecular formula is C12H21NO. The van der Waals surface area contributed by atoms with Crippen LogP contribution >= 0.6 is 0 Å². The SMILES string of the molecule is CC1CCC(NC(=O)C2CC2(C)C)C1. The molecule has 2 aliphatic carbocycles. The van der Waals surface area contributed by atoms with Crippen LogP contribution in [0.15, 0.2) is 0 Å². The predicted molar refractivity (Wildman–Crippen MR) is 56.8 cm³/mol. The quantitative estimate of drug-likeness (QED) is 0.720. The van der Waals surface area contributed by atoms with E-state index in [9.17, 15) is 4.79 Å². The highest BCUT2D eigenvalue weighted by molar-refractivity contribution is 5.82. The Balaban J connectivity index is 1.79. The molecule has 0 saturated heterocycles. The number of hydrogen-bond donors (Lipinski definition) is 1. The fourth-order valence-corrected chi connectivity index (χ4v) is 2.55. The van der Waals surface area contributed by atoms with Crippen LogP contribution in [0.1, 0.15) is 46.5 Å². The molecule has 3 atom stereocenters. The van der Waals surface area contributed by atoms with Gasteiger partial charge in [0.05, 0.1) is 0 Å². The summed E-state index contributed by atoms with van der Waals surface area (Å²) in [6, 6.07) is 0.467. The van der Waals surface area contributed by atoms with Gasteiger partial charge in [-0.2, -0.15) is 0 Å². The smallest absolute Gasteiger partial charge is 0.223 e. The third-order valence-electron chi connectivity index (χ3n) is 3.87. The predicted octanol–water partition coefficient (Wildman–Crippen LogP) is 2.34. The Labute approximate surface area is 86.5 Å². The van der Waals surface area contributed by atoms with Crippen LogP contribution in [-0.4, -0.2) is 11.9 Å². The molecule has 2 rings (SSSR count). The highest BCUT2D eigenvalue weighted by atomic mass is 16.2. The number of carbonyl (C=O) groups is 1. The van der Waals surface area contributed by atoms with Crippen molar-refractivity contribution >= 4 is 5.91 Å². The Hall–Kier alpha value is -0.530. The van der Waals surface area contributed by atoms with Crippen LogP contribution in [0.5, 0.6) is 0 Å². The van der Waals surface area contributed by atoms with Gasteiger partial charge in [-0.15, -0.1) is 0 Å². The largest absolute Gasteiger partial charge is 0.353 e. The average molecular weight is 195 g/mol. The van der Waals surface area contributed by atoms with E-state index >= 15 is 0 Å². The summed E-state index contributed by atoms with van der Waals surface area (Å²) in [5.74, 6) is 1.39. The Kier molecular flexibility index (Phi) is 2.32. The summed E-state index contributed by atoms with van der Waals surface area (Å²) in [4.78, 5) is 11.8. The Morgan fingerprint density at radius 2 is 2.00 bits per heavy atom. The standard InChI is InChI=1S/C12H21NO/c1-8-4-5-9(6-8)13-11(14)10-7-12(10,2)3/h8-10H,4-7H2,1-3H3,(H,13,14). The van der Waals surface area contributed by atoms with Crippen molar-refractivity contribution in [2.24, 2.45) is 17.3 Å². The molecule has 0 aromatic rings. The molecule has 2 nitrogen and oxygen atoms in total. The maximum atomic E-state index is 11.8. The fourth-order valence-electron chi connectivity index (χ4n) is 2.55. The molecule has 0 spiro atoms. The van der Waals surface area contributed by atoms with Gasteiger partial charge in [0, 0.05) is 12.0 Å². The lowest BCUT2D eigenvalue weighted by molar-refractivity contribution is -0.123. The molecule has 1 N–H and O–H groups in total. The summed E-state index contributed by atoms with van der Waals surface area (Å²) in [7, 11) is 0. The number of carbonyl (C=O) groups excluding carboxylic acids is 1. The lowest BCUT2D eigenvalue weighted by atomic mass is 10.1. The molecule has 0 aromatic carbocycles. The van der Waals surface area contributed by atoms with Crippen LogP contribution in [-0.2, 0) is 4.79 Å². The summed E-state index contributed by atoms with van der Waals surface area (Å²) in [5.41, 5.74) is 0.272. The molecule has 2 aliphatic rings. The van der Waals surface area contributed by atoms with Gasteiger partial charge in [-0.25, -0.2) is 0 Å². The number of rotatable bonds is 2. The van der Waals surface area contributed by atoms with E-state index in [-0.39, 0.29) is 5.41 Å². The van der Waals surface area contributed by atoms with Crippen molar-refractivity contribution in [2.45, 2.75) is 52.5 Å². The third-order valence-corrected chi connectivity index (χ3v) is 3.87. The van der Waals surface area contributed by atoms with Gasteiger partial charge in [0.25, 0.3) is 0 Å². The third kappa shape index (κ3) is 1.94. The topological polar surface area (TPSA) is 29.1 Å². The first-order valence-corrected chi connectivity index (χ1v) is 5.79. The van der Waals surface area contributed by atoms with Gasteiger partial charge in [0.15, 0.2) is 0 Å². The maximum absolute atomic E-state index is 11.8. The van der Waals surface area contributed by atoms with E-state index < -0.39 is 0 Å². The molecule has 1 amide bonds. The zero-order valence-electron chi connectivity index (χ0n) is 9.47. The fraction of sp³-hybridized carbons (Fsp3) is 0.917. The zero-order valence-corrected chi connectivity index (χ0v) is 9.47. The van der Waals surface area contributed by atoms with E-state index in [4.69, 9.17) is 0 Å². The van der Waals surface area contributed by atoms with Crippen molar-refractivity contribution in [1.29, 1.82) is 0 Å². The molecule has 2 fully saturated rings. The highest BCUT2D eigenvalue weighted by Gasteiger charge is 2.50. The van der Waals surface area contributed by atoms with E-state index in [0.717, 1.165) is 12.3 Å². The van der Waals surface area contributed by atoms with E-state index in [2.05, 4.69) is 26.1 Å². The van der Waals surface area contributed by atoms with Gasteiger partial charge < -0.3 is 5.32 Å². The van der Waals surface area contributed by atoms with Gasteiger partial charge in [-0.3, -0.25) is 4.79 Å². The van der Waals surface area contributed by atoms with E-state index in [1.807, 2.05) is 0 Å². The Bertz CT molecular complexity index is 247. The van der Waals surface area contributed by atoms with Crippen molar-refractivity contribution in [3.8, 4) is 0 Å². The lowest BCUT2D eigenvalue weighted by Crippen LogP contribution is -2.34. The molecule has 80 valence electrons. The average Bonchev–Trinajstić information content (AvgIpc) is 2.51. The molecular weight excluding hydrogens is 174 g/mol.